The molecule has 1 aliphatic heterocycles. The Morgan fingerprint density at radius 1 is 1.32 bits per heavy atom. The monoisotopic (exact) mass is 566 g/mol. The first kappa shape index (κ1) is 30.9. The minimum atomic E-state index is -3.43. The molecular formula is C30H39FN6O2S. The summed E-state index contributed by atoms with van der Waals surface area (Å²) in [6, 6.07) is 7.90. The number of benzene rings is 1. The van der Waals surface area contributed by atoms with E-state index in [-0.39, 0.29) is 25.6 Å². The molecule has 1 aromatic carbocycles. The third kappa shape index (κ3) is 8.19. The van der Waals surface area contributed by atoms with E-state index >= 15 is 4.39 Å². The molecule has 0 saturated carbocycles. The molecule has 1 fully saturated rings. The van der Waals surface area contributed by atoms with Crippen molar-refractivity contribution in [3.8, 4) is 11.4 Å². The van der Waals surface area contributed by atoms with Crippen LogP contribution in [-0.2, 0) is 10.0 Å². The summed E-state index contributed by atoms with van der Waals surface area (Å²) in [6.07, 6.45) is 9.36. The SMILES string of the molecule is C=C/C(=C\N(C)C)c1cccc(-c2ncc(C(/C=N\C)=C/C(=C)C)c(NCC3CCN(S(C)(=O)=O)CC3F)n2)c1. The molecule has 0 aliphatic carbocycles. The van der Waals surface area contributed by atoms with Gasteiger partial charge in [0.1, 0.15) is 12.0 Å². The van der Waals surface area contributed by atoms with Crippen molar-refractivity contribution in [2.24, 2.45) is 10.9 Å². The van der Waals surface area contributed by atoms with Gasteiger partial charge in [-0.15, -0.1) is 0 Å². The van der Waals surface area contributed by atoms with Gasteiger partial charge in [-0.1, -0.05) is 49.1 Å². The number of aromatic nitrogens is 2. The van der Waals surface area contributed by atoms with E-state index in [9.17, 15) is 8.42 Å². The van der Waals surface area contributed by atoms with E-state index in [0.29, 0.717) is 23.6 Å². The van der Waals surface area contributed by atoms with Gasteiger partial charge in [0, 0.05) is 82.0 Å². The second kappa shape index (κ2) is 13.6. The summed E-state index contributed by atoms with van der Waals surface area (Å²) in [4.78, 5) is 15.7. The third-order valence-corrected chi connectivity index (χ3v) is 7.75. The van der Waals surface area contributed by atoms with Crippen LogP contribution in [0, 0.1) is 5.92 Å². The van der Waals surface area contributed by atoms with Crippen molar-refractivity contribution in [2.75, 3.05) is 52.3 Å². The Kier molecular flexibility index (Phi) is 10.5. The van der Waals surface area contributed by atoms with E-state index in [4.69, 9.17) is 4.98 Å². The van der Waals surface area contributed by atoms with Gasteiger partial charge in [0.05, 0.1) is 6.26 Å². The summed E-state index contributed by atoms with van der Waals surface area (Å²) in [5, 5.41) is 3.34. The Bertz CT molecular complexity index is 1430. The highest BCUT2D eigenvalue weighted by Gasteiger charge is 2.33. The van der Waals surface area contributed by atoms with Crippen LogP contribution in [0.4, 0.5) is 10.2 Å². The average molecular weight is 567 g/mol. The van der Waals surface area contributed by atoms with Crippen molar-refractivity contribution in [1.82, 2.24) is 19.2 Å². The predicted molar refractivity (Wildman–Crippen MR) is 164 cm³/mol. The van der Waals surface area contributed by atoms with Crippen LogP contribution in [0.15, 0.2) is 72.5 Å². The number of rotatable bonds is 11. The molecule has 1 aliphatic rings. The van der Waals surface area contributed by atoms with E-state index in [2.05, 4.69) is 28.5 Å². The number of sulfonamides is 1. The number of nitrogens with zero attached hydrogens (tertiary/aromatic N) is 5. The Morgan fingerprint density at radius 3 is 2.67 bits per heavy atom. The summed E-state index contributed by atoms with van der Waals surface area (Å²) in [7, 11) is 2.16. The standard InChI is InChI=1S/C30H39FN6O2S/c1-8-22(19-36(5)6)23-10-9-11-24(15-23)29-34-18-27(26(16-32-4)14-21(2)3)30(35-29)33-17-25-12-13-37(20-28(25)31)40(7,38)39/h8-11,14-16,18-19,25,28H,1-2,12-13,17,20H2,3-7H3,(H,33,34,35)/b22-19+,26-14+,32-16-. The Labute approximate surface area is 237 Å². The maximum Gasteiger partial charge on any atom is 0.211 e. The smallest absolute Gasteiger partial charge is 0.211 e. The van der Waals surface area contributed by atoms with Crippen LogP contribution in [0.5, 0.6) is 0 Å². The second-order valence-electron chi connectivity index (χ2n) is 10.2. The highest BCUT2D eigenvalue weighted by molar-refractivity contribution is 7.88. The minimum Gasteiger partial charge on any atom is -0.383 e. The largest absolute Gasteiger partial charge is 0.383 e. The molecule has 2 aromatic rings. The Morgan fingerprint density at radius 2 is 2.08 bits per heavy atom. The maximum absolute atomic E-state index is 15.0. The molecule has 1 saturated heterocycles. The van der Waals surface area contributed by atoms with Gasteiger partial charge in [0.15, 0.2) is 5.82 Å². The molecule has 1 N–H and O–H groups in total. The molecule has 1 aromatic heterocycles. The summed E-state index contributed by atoms with van der Waals surface area (Å²) in [6.45, 7) is 10.3. The molecule has 2 atom stereocenters. The molecule has 2 unspecified atom stereocenters. The number of allylic oxidation sites excluding steroid dienone is 5. The molecule has 10 heteroatoms. The summed E-state index contributed by atoms with van der Waals surface area (Å²) < 4.78 is 40.0. The van der Waals surface area contributed by atoms with Gasteiger partial charge in [-0.2, -0.15) is 4.31 Å². The third-order valence-electron chi connectivity index (χ3n) is 6.48. The second-order valence-corrected chi connectivity index (χ2v) is 12.2. The van der Waals surface area contributed by atoms with Crippen LogP contribution in [-0.4, -0.2) is 87.0 Å². The predicted octanol–water partition coefficient (Wildman–Crippen LogP) is 4.92. The number of halogens is 1. The molecule has 214 valence electrons. The fraction of sp³-hybridized carbons (Fsp3) is 0.367. The van der Waals surface area contributed by atoms with E-state index < -0.39 is 16.2 Å². The van der Waals surface area contributed by atoms with E-state index in [1.165, 1.54) is 4.31 Å². The number of hydrogen-bond donors (Lipinski definition) is 1. The highest BCUT2D eigenvalue weighted by atomic mass is 32.2. The van der Waals surface area contributed by atoms with Crippen molar-refractivity contribution in [2.45, 2.75) is 19.5 Å². The normalized spacial score (nSPS) is 19.1. The lowest BCUT2D eigenvalue weighted by Gasteiger charge is -2.33. The summed E-state index contributed by atoms with van der Waals surface area (Å²) in [5.74, 6) is 0.675. The van der Waals surface area contributed by atoms with Crippen LogP contribution in [0.1, 0.15) is 24.5 Å². The first-order valence-electron chi connectivity index (χ1n) is 13.0. The van der Waals surface area contributed by atoms with Gasteiger partial charge in [0.25, 0.3) is 0 Å². The molecular weight excluding hydrogens is 527 g/mol. The van der Waals surface area contributed by atoms with Crippen LogP contribution in [0.2, 0.25) is 0 Å². The van der Waals surface area contributed by atoms with Crippen LogP contribution < -0.4 is 5.32 Å². The number of anilines is 1. The molecule has 0 spiro atoms. The lowest BCUT2D eigenvalue weighted by molar-refractivity contribution is 0.140. The van der Waals surface area contributed by atoms with Crippen molar-refractivity contribution >= 4 is 33.2 Å². The molecule has 8 nitrogen and oxygen atoms in total. The van der Waals surface area contributed by atoms with Crippen molar-refractivity contribution in [3.63, 3.8) is 0 Å². The Balaban J connectivity index is 2.00. The van der Waals surface area contributed by atoms with Gasteiger partial charge in [-0.3, -0.25) is 4.99 Å². The molecule has 2 heterocycles. The molecule has 40 heavy (non-hydrogen) atoms. The average Bonchev–Trinajstić information content (AvgIpc) is 2.90. The van der Waals surface area contributed by atoms with Gasteiger partial charge in [-0.25, -0.2) is 22.8 Å². The summed E-state index contributed by atoms with van der Waals surface area (Å²) in [5.41, 5.74) is 5.06. The highest BCUT2D eigenvalue weighted by Crippen LogP contribution is 2.29. The van der Waals surface area contributed by atoms with E-state index in [1.54, 1.807) is 25.5 Å². The lowest BCUT2D eigenvalue weighted by atomic mass is 9.96. The molecule has 0 bridgehead atoms. The fourth-order valence-corrected chi connectivity index (χ4v) is 5.35. The molecule has 3 rings (SSSR count). The van der Waals surface area contributed by atoms with Gasteiger partial charge in [0.2, 0.25) is 10.0 Å². The maximum atomic E-state index is 15.0. The number of piperidine rings is 1. The van der Waals surface area contributed by atoms with Gasteiger partial charge in [-0.05, 0) is 30.5 Å². The number of aliphatic imine (C=N–C) groups is 1. The van der Waals surface area contributed by atoms with Gasteiger partial charge >= 0.3 is 0 Å². The number of nitrogens with one attached hydrogen (secondary N) is 1. The fourth-order valence-electron chi connectivity index (χ4n) is 4.50. The minimum absolute atomic E-state index is 0.144. The molecule has 0 radical (unpaired) electrons. The van der Waals surface area contributed by atoms with Gasteiger partial charge < -0.3 is 10.2 Å². The number of hydrogen-bond acceptors (Lipinski definition) is 7. The zero-order valence-electron chi connectivity index (χ0n) is 23.9. The van der Waals surface area contributed by atoms with Crippen molar-refractivity contribution in [3.05, 3.63) is 78.7 Å². The van der Waals surface area contributed by atoms with Crippen molar-refractivity contribution < 1.29 is 12.8 Å². The quantitative estimate of drug-likeness (QED) is 0.307. The van der Waals surface area contributed by atoms with E-state index in [0.717, 1.165) is 34.1 Å². The first-order valence-corrected chi connectivity index (χ1v) is 14.9. The lowest BCUT2D eigenvalue weighted by Crippen LogP contribution is -2.46. The zero-order chi connectivity index (χ0) is 29.4. The first-order chi connectivity index (χ1) is 18.9. The van der Waals surface area contributed by atoms with Crippen LogP contribution in [0.25, 0.3) is 22.5 Å². The van der Waals surface area contributed by atoms with E-state index in [1.807, 2.05) is 62.5 Å². The molecule has 0 amide bonds. The number of alkyl halides is 1. The van der Waals surface area contributed by atoms with Crippen molar-refractivity contribution in [1.29, 1.82) is 0 Å². The topological polar surface area (TPSA) is 90.8 Å². The van der Waals surface area contributed by atoms with Crippen LogP contribution >= 0.6 is 0 Å². The van der Waals surface area contributed by atoms with Crippen LogP contribution in [0.3, 0.4) is 0 Å². The summed E-state index contributed by atoms with van der Waals surface area (Å²) >= 11 is 0. The Hall–Kier alpha value is -3.63. The zero-order valence-corrected chi connectivity index (χ0v) is 24.7.